The van der Waals surface area contributed by atoms with Crippen LogP contribution in [0.2, 0.25) is 0 Å². The van der Waals surface area contributed by atoms with Crippen LogP contribution in [0.4, 0.5) is 0 Å². The van der Waals surface area contributed by atoms with Crippen molar-refractivity contribution in [2.24, 2.45) is 5.92 Å². The van der Waals surface area contributed by atoms with E-state index < -0.39 is 23.1 Å². The number of aromatic amines is 1. The summed E-state index contributed by atoms with van der Waals surface area (Å²) in [6.07, 6.45) is 0.495. The molecule has 1 heterocycles. The largest absolute Gasteiger partial charge is 0.724 e. The van der Waals surface area contributed by atoms with Crippen LogP contribution >= 0.6 is 0 Å². The summed E-state index contributed by atoms with van der Waals surface area (Å²) in [5, 5.41) is 5.75. The molecule has 8 heteroatoms. The van der Waals surface area contributed by atoms with Gasteiger partial charge in [-0.05, 0) is 37.8 Å². The fraction of sp³-hybridized carbons (Fsp3) is 0.600. The Morgan fingerprint density at radius 3 is 2.04 bits per heavy atom. The van der Waals surface area contributed by atoms with E-state index in [1.165, 1.54) is 30.8 Å². The van der Waals surface area contributed by atoms with Crippen molar-refractivity contribution in [3.63, 3.8) is 0 Å². The van der Waals surface area contributed by atoms with Gasteiger partial charge in [0.2, 0.25) is 0 Å². The molecule has 1 aromatic heterocycles. The number of aromatic nitrogens is 2. The predicted molar refractivity (Wildman–Crippen MR) is 112 cm³/mol. The van der Waals surface area contributed by atoms with Gasteiger partial charge in [-0.2, -0.15) is 0 Å². The van der Waals surface area contributed by atoms with Crippen molar-refractivity contribution in [3.8, 4) is 0 Å². The summed E-state index contributed by atoms with van der Waals surface area (Å²) >= 11 is -2.33. The number of benzene rings is 1. The number of hydrogen-bond donors (Lipinski definition) is 1. The smallest absolute Gasteiger partial charge is 0.434 e. The van der Waals surface area contributed by atoms with Crippen molar-refractivity contribution in [3.05, 3.63) is 51.3 Å². The Bertz CT molecular complexity index is 794. The molecule has 1 N–H and O–H groups in total. The van der Waals surface area contributed by atoms with Crippen LogP contribution in [0.15, 0.2) is 27.4 Å². The van der Waals surface area contributed by atoms with Gasteiger partial charge in [0.1, 0.15) is 11.3 Å². The second-order valence-corrected chi connectivity index (χ2v) is 9.22. The Kier molecular flexibility index (Phi) is 11.2. The highest BCUT2D eigenvalue weighted by molar-refractivity contribution is 7.73. The fourth-order valence-corrected chi connectivity index (χ4v) is 2.71. The molecule has 2 aromatic rings. The highest BCUT2D eigenvalue weighted by Crippen LogP contribution is 2.27. The van der Waals surface area contributed by atoms with E-state index in [1.807, 2.05) is 0 Å². The van der Waals surface area contributed by atoms with Crippen molar-refractivity contribution in [2.45, 2.75) is 60.9 Å². The summed E-state index contributed by atoms with van der Waals surface area (Å²) in [6.45, 7) is 14.7. The molecule has 0 spiro atoms. The number of quaternary nitrogens is 1. The quantitative estimate of drug-likeness (QED) is 0.604. The minimum atomic E-state index is -2.33. The number of aryl methyl sites for hydroxylation is 3. The van der Waals surface area contributed by atoms with E-state index >= 15 is 0 Å². The Morgan fingerprint density at radius 2 is 1.71 bits per heavy atom. The highest BCUT2D eigenvalue weighted by atomic mass is 32.2. The van der Waals surface area contributed by atoms with E-state index in [0.29, 0.717) is 6.42 Å². The molecule has 0 amide bonds. The predicted octanol–water partition coefficient (Wildman–Crippen LogP) is 3.96. The molecule has 2 atom stereocenters. The molecule has 2 rings (SSSR count). The van der Waals surface area contributed by atoms with Crippen LogP contribution in [-0.2, 0) is 11.3 Å². The molecule has 0 saturated heterocycles. The first kappa shape index (κ1) is 26.2. The lowest BCUT2D eigenvalue weighted by atomic mass is 10.1. The monoisotopic (exact) mass is 413 g/mol. The van der Waals surface area contributed by atoms with Gasteiger partial charge in [0, 0.05) is 6.42 Å². The van der Waals surface area contributed by atoms with Gasteiger partial charge in [-0.15, -0.1) is 5.10 Å². The maximum absolute atomic E-state index is 11.0. The second kappa shape index (κ2) is 11.9. The topological polar surface area (TPSA) is 99.0 Å². The van der Waals surface area contributed by atoms with Crippen LogP contribution in [-0.4, -0.2) is 36.9 Å². The number of nitrogens with zero attached hydrogens (tertiary/aromatic N) is 2. The van der Waals surface area contributed by atoms with Crippen LogP contribution in [0.1, 0.15) is 62.7 Å². The summed E-state index contributed by atoms with van der Waals surface area (Å²) in [7, 11) is 3.01. The van der Waals surface area contributed by atoms with E-state index in [2.05, 4.69) is 69.9 Å². The molecule has 1 aromatic carbocycles. The second-order valence-electron chi connectivity index (χ2n) is 7.85. The Morgan fingerprint density at radius 1 is 1.18 bits per heavy atom. The minimum Gasteiger partial charge on any atom is -0.724 e. The fourth-order valence-electron chi connectivity index (χ4n) is 2.26. The molecular weight excluding hydrogens is 378 g/mol. The number of nitrogens with one attached hydrogen (secondary N) is 1. The van der Waals surface area contributed by atoms with Gasteiger partial charge in [-0.3, -0.25) is 0 Å². The molecule has 2 unspecified atom stereocenters. The molecule has 0 radical (unpaired) electrons. The molecule has 0 fully saturated rings. The van der Waals surface area contributed by atoms with Gasteiger partial charge in [-0.1, -0.05) is 51.5 Å². The lowest BCUT2D eigenvalue weighted by Gasteiger charge is -2.35. The highest BCUT2D eigenvalue weighted by Gasteiger charge is 2.34. The number of rotatable bonds is 4. The SMILES string of the molecule is CC(C)C.CCC(c1n[nH]c(=O)o1)[N+](C)(C)S(=O)[O-].Cc1ccc(C)c(C)c1. The van der Waals surface area contributed by atoms with Gasteiger partial charge < -0.3 is 8.97 Å². The zero-order chi connectivity index (χ0) is 22.1. The maximum atomic E-state index is 11.0. The lowest BCUT2D eigenvalue weighted by molar-refractivity contribution is -0.800. The molecule has 0 bridgehead atoms. The van der Waals surface area contributed by atoms with Gasteiger partial charge in [0.05, 0.1) is 14.1 Å². The molecular formula is C20H35N3O4S. The first-order valence-electron chi connectivity index (χ1n) is 9.35. The number of hydrogen-bond acceptors (Lipinski definition) is 5. The van der Waals surface area contributed by atoms with Gasteiger partial charge in [-0.25, -0.2) is 18.0 Å². The van der Waals surface area contributed by atoms with Crippen molar-refractivity contribution < 1.29 is 17.1 Å². The van der Waals surface area contributed by atoms with E-state index in [1.54, 1.807) is 6.92 Å². The average molecular weight is 414 g/mol. The molecule has 0 aliphatic carbocycles. The third-order valence-electron chi connectivity index (χ3n) is 3.92. The summed E-state index contributed by atoms with van der Waals surface area (Å²) in [4.78, 5) is 10.8. The molecule has 0 aliphatic heterocycles. The maximum Gasteiger partial charge on any atom is 0.434 e. The normalized spacial score (nSPS) is 13.1. The average Bonchev–Trinajstić information content (AvgIpc) is 2.97. The van der Waals surface area contributed by atoms with Crippen LogP contribution in [0, 0.1) is 26.7 Å². The minimum absolute atomic E-state index is 0.108. The van der Waals surface area contributed by atoms with E-state index in [0.717, 1.165) is 5.92 Å². The third-order valence-corrected chi connectivity index (χ3v) is 4.95. The van der Waals surface area contributed by atoms with Gasteiger partial charge >= 0.3 is 5.76 Å². The molecule has 160 valence electrons. The van der Waals surface area contributed by atoms with Gasteiger partial charge in [0.25, 0.3) is 5.89 Å². The molecule has 0 aliphatic rings. The van der Waals surface area contributed by atoms with Crippen molar-refractivity contribution in [1.82, 2.24) is 10.2 Å². The van der Waals surface area contributed by atoms with Crippen LogP contribution in [0.5, 0.6) is 0 Å². The molecule has 0 saturated carbocycles. The van der Waals surface area contributed by atoms with Crippen molar-refractivity contribution >= 4 is 11.3 Å². The van der Waals surface area contributed by atoms with Crippen LogP contribution in [0.3, 0.4) is 0 Å². The summed E-state index contributed by atoms with van der Waals surface area (Å²) in [6, 6.07) is 6.00. The van der Waals surface area contributed by atoms with Crippen molar-refractivity contribution in [2.75, 3.05) is 14.1 Å². The summed E-state index contributed by atoms with van der Waals surface area (Å²) < 4.78 is 26.5. The van der Waals surface area contributed by atoms with Crippen LogP contribution < -0.4 is 5.76 Å². The Balaban J connectivity index is 0.000000473. The molecule has 28 heavy (non-hydrogen) atoms. The first-order valence-corrected chi connectivity index (χ1v) is 10.4. The summed E-state index contributed by atoms with van der Waals surface area (Å²) in [5.41, 5.74) is 4.11. The number of H-pyrrole nitrogens is 1. The Hall–Kier alpha value is -1.77. The summed E-state index contributed by atoms with van der Waals surface area (Å²) in [5.74, 6) is 0.261. The zero-order valence-electron chi connectivity index (χ0n) is 18.5. The van der Waals surface area contributed by atoms with E-state index in [4.69, 9.17) is 4.42 Å². The van der Waals surface area contributed by atoms with Crippen LogP contribution in [0.25, 0.3) is 0 Å². The first-order chi connectivity index (χ1) is 12.8. The zero-order valence-corrected chi connectivity index (χ0v) is 19.3. The lowest BCUT2D eigenvalue weighted by Crippen LogP contribution is -2.44. The Labute approximate surface area is 171 Å². The molecule has 7 nitrogen and oxygen atoms in total. The van der Waals surface area contributed by atoms with Crippen molar-refractivity contribution in [1.29, 1.82) is 0 Å². The standard InChI is InChI=1S/C9H12.C7H13N3O4S.C4H10/c1-7-4-5-8(2)9(3)6-7;1-4-5(10(2,3)15(12)13)6-8-9-7(11)14-6;1-4(2)3/h4-6H,1-3H3;5H,4H2,1-3H3,(H-,9,11,12,13);4H,1-3H3. The third kappa shape index (κ3) is 8.95. The van der Waals surface area contributed by atoms with E-state index in [9.17, 15) is 13.6 Å². The van der Waals surface area contributed by atoms with Gasteiger partial charge in [0.15, 0.2) is 6.04 Å². The van der Waals surface area contributed by atoms with E-state index in [-0.39, 0.29) is 9.78 Å².